The van der Waals surface area contributed by atoms with Gasteiger partial charge in [-0.05, 0) is 17.7 Å². The molecule has 2 rings (SSSR count). The van der Waals surface area contributed by atoms with Crippen LogP contribution in [0.4, 0.5) is 4.39 Å². The van der Waals surface area contributed by atoms with Crippen molar-refractivity contribution in [3.63, 3.8) is 0 Å². The van der Waals surface area contributed by atoms with E-state index in [-0.39, 0.29) is 19.0 Å². The lowest BCUT2D eigenvalue weighted by Crippen LogP contribution is -2.09. The molecule has 0 aliphatic rings. The van der Waals surface area contributed by atoms with Crippen LogP contribution in [0, 0.1) is 5.82 Å². The van der Waals surface area contributed by atoms with Crippen LogP contribution in [0.15, 0.2) is 24.5 Å². The summed E-state index contributed by atoms with van der Waals surface area (Å²) < 4.78 is 14.5. The van der Waals surface area contributed by atoms with Crippen molar-refractivity contribution in [2.45, 2.75) is 13.2 Å². The molecule has 2 aromatic rings. The Kier molecular flexibility index (Phi) is 2.93. The van der Waals surface area contributed by atoms with Gasteiger partial charge in [0.2, 0.25) is 0 Å². The van der Waals surface area contributed by atoms with E-state index < -0.39 is 0 Å². The van der Waals surface area contributed by atoms with Gasteiger partial charge >= 0.3 is 0 Å². The van der Waals surface area contributed by atoms with Crippen molar-refractivity contribution in [2.24, 2.45) is 5.73 Å². The lowest BCUT2D eigenvalue weighted by Gasteiger charge is -2.09. The molecular weight excluding hydrogens is 211 g/mol. The van der Waals surface area contributed by atoms with Crippen LogP contribution in [0.5, 0.6) is 0 Å². The molecule has 0 bridgehead atoms. The van der Waals surface area contributed by atoms with Gasteiger partial charge in [0.15, 0.2) is 5.82 Å². The van der Waals surface area contributed by atoms with Crippen LogP contribution < -0.4 is 5.73 Å². The molecule has 16 heavy (non-hydrogen) atoms. The Morgan fingerprint density at radius 2 is 2.25 bits per heavy atom. The van der Waals surface area contributed by atoms with E-state index in [1.807, 2.05) is 0 Å². The van der Waals surface area contributed by atoms with Crippen LogP contribution in [0.25, 0.3) is 5.69 Å². The molecule has 0 fully saturated rings. The van der Waals surface area contributed by atoms with Gasteiger partial charge in [0.05, 0.1) is 5.69 Å². The second kappa shape index (κ2) is 4.38. The van der Waals surface area contributed by atoms with Gasteiger partial charge in [-0.3, -0.25) is 0 Å². The van der Waals surface area contributed by atoms with E-state index in [4.69, 9.17) is 10.8 Å². The first-order chi connectivity index (χ1) is 7.76. The normalized spacial score (nSPS) is 10.7. The number of hydrogen-bond acceptors (Lipinski definition) is 4. The third-order valence-corrected chi connectivity index (χ3v) is 2.26. The zero-order valence-electron chi connectivity index (χ0n) is 8.47. The van der Waals surface area contributed by atoms with Gasteiger partial charge in [0, 0.05) is 6.54 Å². The quantitative estimate of drug-likeness (QED) is 0.786. The minimum Gasteiger partial charge on any atom is -0.388 e. The highest BCUT2D eigenvalue weighted by Gasteiger charge is 2.10. The van der Waals surface area contributed by atoms with E-state index in [1.165, 1.54) is 23.1 Å². The van der Waals surface area contributed by atoms with E-state index in [2.05, 4.69) is 10.1 Å². The first kappa shape index (κ1) is 10.7. The number of aromatic nitrogens is 3. The van der Waals surface area contributed by atoms with Gasteiger partial charge in [-0.1, -0.05) is 6.07 Å². The number of nitrogens with two attached hydrogens (primary N) is 1. The van der Waals surface area contributed by atoms with Gasteiger partial charge < -0.3 is 10.8 Å². The van der Waals surface area contributed by atoms with E-state index in [0.717, 1.165) is 5.56 Å². The maximum atomic E-state index is 13.1. The minimum absolute atomic E-state index is 0.263. The molecule has 0 saturated carbocycles. The first-order valence-corrected chi connectivity index (χ1v) is 4.75. The number of nitrogens with zero attached hydrogens (tertiary/aromatic N) is 3. The molecule has 3 N–H and O–H groups in total. The summed E-state index contributed by atoms with van der Waals surface area (Å²) in [6.07, 6.45) is 1.30. The maximum Gasteiger partial charge on any atom is 0.157 e. The third-order valence-electron chi connectivity index (χ3n) is 2.26. The topological polar surface area (TPSA) is 77.0 Å². The predicted molar refractivity (Wildman–Crippen MR) is 55.1 cm³/mol. The molecule has 6 heteroatoms. The third kappa shape index (κ3) is 1.80. The molecule has 0 aliphatic carbocycles. The molecule has 0 unspecified atom stereocenters. The highest BCUT2D eigenvalue weighted by Crippen LogP contribution is 2.16. The van der Waals surface area contributed by atoms with Gasteiger partial charge in [-0.2, -0.15) is 5.10 Å². The summed E-state index contributed by atoms with van der Waals surface area (Å²) in [4.78, 5) is 3.85. The van der Waals surface area contributed by atoms with Crippen molar-refractivity contribution in [2.75, 3.05) is 0 Å². The molecule has 0 radical (unpaired) electrons. The van der Waals surface area contributed by atoms with Crippen LogP contribution >= 0.6 is 0 Å². The molecule has 1 aromatic carbocycles. The fraction of sp³-hybridized carbons (Fsp3) is 0.200. The standard InChI is InChI=1S/C10H11FN4O/c11-8-2-1-7(4-12)9(3-8)15-10(5-16)13-6-14-15/h1-3,6,16H,4-5,12H2. The molecule has 1 heterocycles. The number of hydrogen-bond donors (Lipinski definition) is 2. The fourth-order valence-electron chi connectivity index (χ4n) is 1.48. The summed E-state index contributed by atoms with van der Waals surface area (Å²) in [6.45, 7) is 0.000860. The fourth-order valence-corrected chi connectivity index (χ4v) is 1.48. The van der Waals surface area contributed by atoms with E-state index in [9.17, 15) is 4.39 Å². The zero-order valence-corrected chi connectivity index (χ0v) is 8.47. The number of rotatable bonds is 3. The van der Waals surface area contributed by atoms with Gasteiger partial charge in [-0.15, -0.1) is 0 Å². The van der Waals surface area contributed by atoms with Crippen molar-refractivity contribution in [3.8, 4) is 5.69 Å². The average molecular weight is 222 g/mol. The molecule has 0 saturated heterocycles. The first-order valence-electron chi connectivity index (χ1n) is 4.75. The summed E-state index contributed by atoms with van der Waals surface area (Å²) >= 11 is 0. The molecule has 0 atom stereocenters. The lowest BCUT2D eigenvalue weighted by atomic mass is 10.1. The van der Waals surface area contributed by atoms with Crippen molar-refractivity contribution < 1.29 is 9.50 Å². The summed E-state index contributed by atoms with van der Waals surface area (Å²) in [5, 5.41) is 13.0. The van der Waals surface area contributed by atoms with Crippen LogP contribution in [0.2, 0.25) is 0 Å². The summed E-state index contributed by atoms with van der Waals surface area (Å²) in [6, 6.07) is 4.24. The largest absolute Gasteiger partial charge is 0.388 e. The van der Waals surface area contributed by atoms with Crippen molar-refractivity contribution in [3.05, 3.63) is 41.7 Å². The minimum atomic E-state index is -0.383. The number of aliphatic hydroxyl groups is 1. The molecule has 84 valence electrons. The average Bonchev–Trinajstić information content (AvgIpc) is 2.76. The van der Waals surface area contributed by atoms with Gasteiger partial charge in [-0.25, -0.2) is 14.1 Å². The number of halogens is 1. The Hall–Kier alpha value is -1.79. The highest BCUT2D eigenvalue weighted by molar-refractivity contribution is 5.41. The van der Waals surface area contributed by atoms with Crippen LogP contribution in [0.3, 0.4) is 0 Å². The van der Waals surface area contributed by atoms with E-state index in [0.29, 0.717) is 11.5 Å². The summed E-state index contributed by atoms with van der Waals surface area (Å²) in [5.41, 5.74) is 6.79. The summed E-state index contributed by atoms with van der Waals surface area (Å²) in [7, 11) is 0. The van der Waals surface area contributed by atoms with Gasteiger partial charge in [0.1, 0.15) is 18.8 Å². The Morgan fingerprint density at radius 3 is 2.94 bits per heavy atom. The SMILES string of the molecule is NCc1ccc(F)cc1-n1ncnc1CO. The number of aliphatic hydroxyl groups excluding tert-OH is 1. The monoisotopic (exact) mass is 222 g/mol. The lowest BCUT2D eigenvalue weighted by molar-refractivity contribution is 0.268. The Bertz CT molecular complexity index is 497. The summed E-state index contributed by atoms with van der Waals surface area (Å²) in [5.74, 6) is -0.0353. The molecule has 0 amide bonds. The van der Waals surface area contributed by atoms with Crippen molar-refractivity contribution in [1.29, 1.82) is 0 Å². The van der Waals surface area contributed by atoms with Crippen LogP contribution in [0.1, 0.15) is 11.4 Å². The van der Waals surface area contributed by atoms with Gasteiger partial charge in [0.25, 0.3) is 0 Å². The Balaban J connectivity index is 2.58. The van der Waals surface area contributed by atoms with E-state index >= 15 is 0 Å². The molecule has 0 aliphatic heterocycles. The highest BCUT2D eigenvalue weighted by atomic mass is 19.1. The molecular formula is C10H11FN4O. The maximum absolute atomic E-state index is 13.1. The van der Waals surface area contributed by atoms with E-state index in [1.54, 1.807) is 6.07 Å². The zero-order chi connectivity index (χ0) is 11.5. The molecule has 0 spiro atoms. The smallest absolute Gasteiger partial charge is 0.157 e. The Labute approximate surface area is 91.3 Å². The molecule has 5 nitrogen and oxygen atoms in total. The van der Waals surface area contributed by atoms with Crippen molar-refractivity contribution >= 4 is 0 Å². The Morgan fingerprint density at radius 1 is 1.44 bits per heavy atom. The molecule has 1 aromatic heterocycles. The second-order valence-corrected chi connectivity index (χ2v) is 3.22. The van der Waals surface area contributed by atoms with Crippen LogP contribution in [-0.4, -0.2) is 19.9 Å². The second-order valence-electron chi connectivity index (χ2n) is 3.22. The van der Waals surface area contributed by atoms with Crippen molar-refractivity contribution in [1.82, 2.24) is 14.8 Å². The predicted octanol–water partition coefficient (Wildman–Crippen LogP) is 0.357. The van der Waals surface area contributed by atoms with Crippen LogP contribution in [-0.2, 0) is 13.2 Å². The number of benzene rings is 1.